The predicted molar refractivity (Wildman–Crippen MR) is 72.6 cm³/mol. The molecule has 1 atom stereocenters. The highest BCUT2D eigenvalue weighted by atomic mass is 32.2. The number of nitrogens with zero attached hydrogens (tertiary/aromatic N) is 1. The quantitative estimate of drug-likeness (QED) is 0.861. The molecule has 0 radical (unpaired) electrons. The SMILES string of the molecule is Cc1ccc(C(C)C)c(N2CS(=N)CC2=O)c1. The van der Waals surface area contributed by atoms with Gasteiger partial charge in [-0.3, -0.25) is 9.57 Å². The molecule has 1 N–H and O–H groups in total. The number of carbonyl (C=O) groups is 1. The summed E-state index contributed by atoms with van der Waals surface area (Å²) in [6.07, 6.45) is 0. The van der Waals surface area contributed by atoms with Crippen LogP contribution in [0.25, 0.3) is 0 Å². The fourth-order valence-electron chi connectivity index (χ4n) is 2.08. The number of aryl methyl sites for hydroxylation is 1. The fourth-order valence-corrected chi connectivity index (χ4v) is 3.22. The summed E-state index contributed by atoms with van der Waals surface area (Å²) in [4.78, 5) is 13.7. The number of hydrogen-bond acceptors (Lipinski definition) is 2. The molecule has 17 heavy (non-hydrogen) atoms. The normalized spacial score (nSPS) is 20.4. The zero-order chi connectivity index (χ0) is 12.6. The molecular weight excluding hydrogens is 232 g/mol. The standard InChI is InChI=1S/C13H18N2OS/c1-9(2)11-5-4-10(3)6-12(11)15-8-17(14)7-13(15)16/h4-6,9,14H,7-8H2,1-3H3. The van der Waals surface area contributed by atoms with Crippen molar-refractivity contribution in [2.75, 3.05) is 16.5 Å². The first-order valence-corrected chi connectivity index (χ1v) is 7.35. The summed E-state index contributed by atoms with van der Waals surface area (Å²) >= 11 is 0. The molecule has 0 bridgehead atoms. The summed E-state index contributed by atoms with van der Waals surface area (Å²) < 4.78 is 7.74. The molecule has 0 aromatic heterocycles. The first-order valence-electron chi connectivity index (χ1n) is 5.78. The number of anilines is 1. The van der Waals surface area contributed by atoms with E-state index in [0.29, 0.717) is 17.5 Å². The van der Waals surface area contributed by atoms with E-state index in [0.717, 1.165) is 11.3 Å². The van der Waals surface area contributed by atoms with Crippen molar-refractivity contribution in [2.45, 2.75) is 26.7 Å². The Balaban J connectivity index is 2.46. The van der Waals surface area contributed by atoms with Gasteiger partial charge >= 0.3 is 0 Å². The Kier molecular flexibility index (Phi) is 3.33. The van der Waals surface area contributed by atoms with Gasteiger partial charge in [0, 0.05) is 5.69 Å². The van der Waals surface area contributed by atoms with Crippen LogP contribution in [-0.4, -0.2) is 17.5 Å². The van der Waals surface area contributed by atoms with Crippen LogP contribution >= 0.6 is 0 Å². The Morgan fingerprint density at radius 2 is 2.12 bits per heavy atom. The molecule has 1 unspecified atom stereocenters. The van der Waals surface area contributed by atoms with E-state index in [-0.39, 0.29) is 5.91 Å². The summed E-state index contributed by atoms with van der Waals surface area (Å²) in [6, 6.07) is 6.25. The van der Waals surface area contributed by atoms with Crippen LogP contribution < -0.4 is 4.90 Å². The molecule has 2 rings (SSSR count). The lowest BCUT2D eigenvalue weighted by atomic mass is 9.99. The molecular formula is C13H18N2OS. The third-order valence-corrected chi connectivity index (χ3v) is 4.15. The molecule has 1 aromatic rings. The molecule has 1 heterocycles. The lowest BCUT2D eigenvalue weighted by Gasteiger charge is -2.21. The zero-order valence-corrected chi connectivity index (χ0v) is 11.3. The Hall–Kier alpha value is -1.16. The molecule has 0 aliphatic carbocycles. The third kappa shape index (κ3) is 2.41. The second-order valence-corrected chi connectivity index (χ2v) is 6.34. The molecule has 0 spiro atoms. The molecule has 4 heteroatoms. The van der Waals surface area contributed by atoms with Crippen molar-refractivity contribution in [3.8, 4) is 0 Å². The number of hydrogen-bond donors (Lipinski definition) is 1. The van der Waals surface area contributed by atoms with Gasteiger partial charge in [0.05, 0.1) is 11.6 Å². The summed E-state index contributed by atoms with van der Waals surface area (Å²) in [7, 11) is -0.535. The predicted octanol–water partition coefficient (Wildman–Crippen LogP) is 2.80. The average Bonchev–Trinajstić information content (AvgIpc) is 2.57. The van der Waals surface area contributed by atoms with Crippen LogP contribution in [0.1, 0.15) is 30.9 Å². The minimum atomic E-state index is -0.535. The minimum absolute atomic E-state index is 0.0934. The first kappa shape index (κ1) is 12.3. The van der Waals surface area contributed by atoms with Crippen LogP contribution in [0.4, 0.5) is 5.69 Å². The Labute approximate surface area is 105 Å². The van der Waals surface area contributed by atoms with Crippen LogP contribution in [0, 0.1) is 11.7 Å². The third-order valence-electron chi connectivity index (χ3n) is 2.98. The maximum absolute atomic E-state index is 11.9. The number of benzene rings is 1. The largest absolute Gasteiger partial charge is 0.301 e. The Morgan fingerprint density at radius 3 is 2.65 bits per heavy atom. The molecule has 92 valence electrons. The van der Waals surface area contributed by atoms with E-state index >= 15 is 0 Å². The van der Waals surface area contributed by atoms with Crippen LogP contribution in [0.3, 0.4) is 0 Å². The Morgan fingerprint density at radius 1 is 1.41 bits per heavy atom. The average molecular weight is 250 g/mol. The molecule has 0 saturated carbocycles. The molecule has 1 aromatic carbocycles. The van der Waals surface area contributed by atoms with E-state index in [4.69, 9.17) is 4.78 Å². The topological polar surface area (TPSA) is 44.2 Å². The maximum atomic E-state index is 11.9. The van der Waals surface area contributed by atoms with E-state index in [2.05, 4.69) is 32.0 Å². The number of nitrogens with one attached hydrogen (secondary N) is 1. The highest BCUT2D eigenvalue weighted by Crippen LogP contribution is 2.30. The van der Waals surface area contributed by atoms with Crippen LogP contribution in [0.5, 0.6) is 0 Å². The monoisotopic (exact) mass is 250 g/mol. The second kappa shape index (κ2) is 4.61. The van der Waals surface area contributed by atoms with Gasteiger partial charge in [-0.2, -0.15) is 0 Å². The smallest absolute Gasteiger partial charge is 0.238 e. The van der Waals surface area contributed by atoms with Gasteiger partial charge in [-0.1, -0.05) is 36.7 Å². The van der Waals surface area contributed by atoms with E-state index < -0.39 is 10.7 Å². The van der Waals surface area contributed by atoms with E-state index in [1.165, 1.54) is 5.56 Å². The van der Waals surface area contributed by atoms with Crippen LogP contribution in [0.15, 0.2) is 18.2 Å². The summed E-state index contributed by atoms with van der Waals surface area (Å²) in [6.45, 7) is 6.30. The van der Waals surface area contributed by atoms with E-state index in [1.54, 1.807) is 4.90 Å². The molecule has 3 nitrogen and oxygen atoms in total. The van der Waals surface area contributed by atoms with Gasteiger partial charge in [0.25, 0.3) is 0 Å². The van der Waals surface area contributed by atoms with Gasteiger partial charge < -0.3 is 4.90 Å². The number of rotatable bonds is 2. The molecule has 1 fully saturated rings. The van der Waals surface area contributed by atoms with Crippen molar-refractivity contribution in [3.63, 3.8) is 0 Å². The molecule has 1 amide bonds. The lowest BCUT2D eigenvalue weighted by Crippen LogP contribution is -2.26. The van der Waals surface area contributed by atoms with Gasteiger partial charge in [0.1, 0.15) is 0 Å². The summed E-state index contributed by atoms with van der Waals surface area (Å²) in [5, 5.41) is 0. The molecule has 1 aliphatic heterocycles. The van der Waals surface area contributed by atoms with Crippen molar-refractivity contribution in [1.29, 1.82) is 4.78 Å². The first-order chi connectivity index (χ1) is 7.99. The number of carbonyl (C=O) groups excluding carboxylic acids is 1. The van der Waals surface area contributed by atoms with Gasteiger partial charge in [-0.15, -0.1) is 0 Å². The molecule has 1 aliphatic rings. The summed E-state index contributed by atoms with van der Waals surface area (Å²) in [5.74, 6) is 1.43. The van der Waals surface area contributed by atoms with E-state index in [9.17, 15) is 4.79 Å². The van der Waals surface area contributed by atoms with Gasteiger partial charge in [0.2, 0.25) is 5.91 Å². The van der Waals surface area contributed by atoms with Crippen molar-refractivity contribution in [3.05, 3.63) is 29.3 Å². The van der Waals surface area contributed by atoms with E-state index in [1.807, 2.05) is 6.92 Å². The van der Waals surface area contributed by atoms with Gasteiger partial charge in [0.15, 0.2) is 0 Å². The lowest BCUT2D eigenvalue weighted by molar-refractivity contribution is -0.115. The van der Waals surface area contributed by atoms with Crippen LogP contribution in [0.2, 0.25) is 0 Å². The zero-order valence-electron chi connectivity index (χ0n) is 10.5. The maximum Gasteiger partial charge on any atom is 0.238 e. The van der Waals surface area contributed by atoms with Crippen molar-refractivity contribution >= 4 is 22.3 Å². The second-order valence-electron chi connectivity index (χ2n) is 4.80. The molecule has 1 saturated heterocycles. The van der Waals surface area contributed by atoms with Crippen LogP contribution in [-0.2, 0) is 15.5 Å². The van der Waals surface area contributed by atoms with Crippen molar-refractivity contribution < 1.29 is 4.79 Å². The van der Waals surface area contributed by atoms with Gasteiger partial charge in [-0.25, -0.2) is 0 Å². The van der Waals surface area contributed by atoms with Gasteiger partial charge in [-0.05, 0) is 30.0 Å². The fraction of sp³-hybridized carbons (Fsp3) is 0.462. The number of amides is 1. The minimum Gasteiger partial charge on any atom is -0.301 e. The van der Waals surface area contributed by atoms with Crippen molar-refractivity contribution in [2.24, 2.45) is 0 Å². The Bertz CT molecular complexity index is 482. The highest BCUT2D eigenvalue weighted by molar-refractivity contribution is 7.87. The highest BCUT2D eigenvalue weighted by Gasteiger charge is 2.27. The summed E-state index contributed by atoms with van der Waals surface area (Å²) in [5.41, 5.74) is 3.36. The van der Waals surface area contributed by atoms with Crippen molar-refractivity contribution in [1.82, 2.24) is 0 Å².